The van der Waals surface area contributed by atoms with Gasteiger partial charge in [-0.3, -0.25) is 0 Å². The predicted molar refractivity (Wildman–Crippen MR) is 73.2 cm³/mol. The first-order chi connectivity index (χ1) is 7.79. The number of hydrogen-bond acceptors (Lipinski definition) is 1. The maximum absolute atomic E-state index is 3.56. The Morgan fingerprint density at radius 3 is 2.94 bits per heavy atom. The lowest BCUT2D eigenvalue weighted by atomic mass is 10.1. The monoisotopic (exact) mass is 281 g/mol. The minimum atomic E-state index is 0.590. The van der Waals surface area contributed by atoms with E-state index in [-0.39, 0.29) is 0 Å². The van der Waals surface area contributed by atoms with Crippen LogP contribution in [0.15, 0.2) is 18.2 Å². The standard InChI is InChI=1S/C14H20BrN/c1-11(7-8-15)16-10-12-5-6-13-3-2-4-14(13)9-12/h5-6,9,11,16H,2-4,7-8,10H2,1H3. The van der Waals surface area contributed by atoms with E-state index in [0.717, 1.165) is 11.9 Å². The van der Waals surface area contributed by atoms with Gasteiger partial charge in [0.05, 0.1) is 0 Å². The van der Waals surface area contributed by atoms with Crippen molar-refractivity contribution < 1.29 is 0 Å². The van der Waals surface area contributed by atoms with Crippen molar-refractivity contribution in [1.29, 1.82) is 0 Å². The van der Waals surface area contributed by atoms with E-state index in [0.29, 0.717) is 6.04 Å². The van der Waals surface area contributed by atoms with Crippen LogP contribution in [-0.2, 0) is 19.4 Å². The van der Waals surface area contributed by atoms with E-state index in [2.05, 4.69) is 46.4 Å². The molecule has 2 rings (SSSR count). The van der Waals surface area contributed by atoms with Crippen LogP contribution < -0.4 is 5.32 Å². The molecule has 0 amide bonds. The molecule has 0 fully saturated rings. The Kier molecular flexibility index (Phi) is 4.42. The number of rotatable bonds is 5. The van der Waals surface area contributed by atoms with Crippen LogP contribution in [0.1, 0.15) is 36.5 Å². The summed E-state index contributed by atoms with van der Waals surface area (Å²) >= 11 is 3.48. The van der Waals surface area contributed by atoms with Gasteiger partial charge in [0.2, 0.25) is 0 Å². The number of benzene rings is 1. The van der Waals surface area contributed by atoms with Crippen molar-refractivity contribution in [1.82, 2.24) is 5.32 Å². The number of fused-ring (bicyclic) bond motifs is 1. The highest BCUT2D eigenvalue weighted by Crippen LogP contribution is 2.22. The molecule has 1 nitrogen and oxygen atoms in total. The third-order valence-electron chi connectivity index (χ3n) is 3.36. The van der Waals surface area contributed by atoms with E-state index >= 15 is 0 Å². The largest absolute Gasteiger partial charge is 0.310 e. The second kappa shape index (κ2) is 5.83. The van der Waals surface area contributed by atoms with Gasteiger partial charge in [-0.15, -0.1) is 0 Å². The fourth-order valence-electron chi connectivity index (χ4n) is 2.29. The van der Waals surface area contributed by atoms with E-state index in [4.69, 9.17) is 0 Å². The molecular formula is C14H20BrN. The SMILES string of the molecule is CC(CCBr)NCc1ccc2c(c1)CCC2. The molecule has 1 aromatic carbocycles. The molecule has 16 heavy (non-hydrogen) atoms. The summed E-state index contributed by atoms with van der Waals surface area (Å²) in [5.74, 6) is 0. The Hall–Kier alpha value is -0.340. The summed E-state index contributed by atoms with van der Waals surface area (Å²) in [5.41, 5.74) is 4.58. The second-order valence-corrected chi connectivity index (χ2v) is 5.51. The van der Waals surface area contributed by atoms with Gasteiger partial charge in [0.15, 0.2) is 0 Å². The first-order valence-corrected chi connectivity index (χ1v) is 7.32. The molecule has 1 aromatic rings. The fourth-order valence-corrected chi connectivity index (χ4v) is 2.98. The van der Waals surface area contributed by atoms with Gasteiger partial charge in [0.1, 0.15) is 0 Å². The van der Waals surface area contributed by atoms with Crippen molar-refractivity contribution in [3.05, 3.63) is 34.9 Å². The molecule has 0 aliphatic heterocycles. The maximum atomic E-state index is 3.56. The molecule has 0 heterocycles. The number of alkyl halides is 1. The Labute approximate surface area is 107 Å². The van der Waals surface area contributed by atoms with E-state index < -0.39 is 0 Å². The molecule has 0 radical (unpaired) electrons. The average Bonchev–Trinajstić information content (AvgIpc) is 2.74. The van der Waals surface area contributed by atoms with Crippen LogP contribution in [0.3, 0.4) is 0 Å². The van der Waals surface area contributed by atoms with Crippen molar-refractivity contribution in [2.45, 2.75) is 45.2 Å². The quantitative estimate of drug-likeness (QED) is 0.816. The lowest BCUT2D eigenvalue weighted by Crippen LogP contribution is -2.25. The Morgan fingerprint density at radius 1 is 1.31 bits per heavy atom. The second-order valence-electron chi connectivity index (χ2n) is 4.72. The normalized spacial score (nSPS) is 16.1. The highest BCUT2D eigenvalue weighted by atomic mass is 79.9. The van der Waals surface area contributed by atoms with Gasteiger partial charge in [0.25, 0.3) is 0 Å². The van der Waals surface area contributed by atoms with Crippen LogP contribution in [0.5, 0.6) is 0 Å². The highest BCUT2D eigenvalue weighted by molar-refractivity contribution is 9.09. The van der Waals surface area contributed by atoms with E-state index in [1.807, 2.05) is 0 Å². The molecule has 1 unspecified atom stereocenters. The van der Waals surface area contributed by atoms with Crippen molar-refractivity contribution in [3.8, 4) is 0 Å². The summed E-state index contributed by atoms with van der Waals surface area (Å²) in [7, 11) is 0. The van der Waals surface area contributed by atoms with Crippen LogP contribution in [0, 0.1) is 0 Å². The zero-order valence-corrected chi connectivity index (χ0v) is 11.5. The summed E-state index contributed by atoms with van der Waals surface area (Å²) in [5, 5.41) is 4.64. The van der Waals surface area contributed by atoms with E-state index in [9.17, 15) is 0 Å². The number of nitrogens with one attached hydrogen (secondary N) is 1. The smallest absolute Gasteiger partial charge is 0.0208 e. The topological polar surface area (TPSA) is 12.0 Å². The van der Waals surface area contributed by atoms with Gasteiger partial charge in [-0.2, -0.15) is 0 Å². The van der Waals surface area contributed by atoms with E-state index in [1.54, 1.807) is 11.1 Å². The lowest BCUT2D eigenvalue weighted by Gasteiger charge is -2.13. The van der Waals surface area contributed by atoms with Crippen molar-refractivity contribution >= 4 is 15.9 Å². The molecule has 0 aromatic heterocycles. The van der Waals surface area contributed by atoms with Gasteiger partial charge in [-0.25, -0.2) is 0 Å². The van der Waals surface area contributed by atoms with Crippen LogP contribution in [-0.4, -0.2) is 11.4 Å². The third-order valence-corrected chi connectivity index (χ3v) is 3.82. The third kappa shape index (κ3) is 3.08. The van der Waals surface area contributed by atoms with Crippen LogP contribution in [0.4, 0.5) is 0 Å². The van der Waals surface area contributed by atoms with Crippen molar-refractivity contribution in [2.75, 3.05) is 5.33 Å². The zero-order valence-electron chi connectivity index (χ0n) is 9.93. The summed E-state index contributed by atoms with van der Waals surface area (Å²) in [4.78, 5) is 0. The lowest BCUT2D eigenvalue weighted by molar-refractivity contribution is 0.538. The van der Waals surface area contributed by atoms with Crippen LogP contribution in [0.25, 0.3) is 0 Å². The van der Waals surface area contributed by atoms with Gasteiger partial charge < -0.3 is 5.32 Å². The molecule has 2 heteroatoms. The van der Waals surface area contributed by atoms with Crippen LogP contribution in [0.2, 0.25) is 0 Å². The molecule has 1 atom stereocenters. The first-order valence-electron chi connectivity index (χ1n) is 6.19. The molecule has 0 bridgehead atoms. The Balaban J connectivity index is 1.90. The zero-order chi connectivity index (χ0) is 11.4. The van der Waals surface area contributed by atoms with Gasteiger partial charge in [-0.1, -0.05) is 34.1 Å². The number of hydrogen-bond donors (Lipinski definition) is 1. The maximum Gasteiger partial charge on any atom is 0.0208 e. The molecular weight excluding hydrogens is 262 g/mol. The molecule has 0 spiro atoms. The summed E-state index contributed by atoms with van der Waals surface area (Å²) in [6, 6.07) is 7.57. The Bertz CT molecular complexity index is 349. The van der Waals surface area contributed by atoms with Crippen molar-refractivity contribution in [3.63, 3.8) is 0 Å². The summed E-state index contributed by atoms with van der Waals surface area (Å²) in [6.45, 7) is 3.25. The number of halogens is 1. The predicted octanol–water partition coefficient (Wildman–Crippen LogP) is 3.44. The Morgan fingerprint density at radius 2 is 2.12 bits per heavy atom. The summed E-state index contributed by atoms with van der Waals surface area (Å²) in [6.07, 6.45) is 5.08. The molecule has 1 aliphatic carbocycles. The first kappa shape index (κ1) is 12.1. The number of aryl methyl sites for hydroxylation is 2. The minimum Gasteiger partial charge on any atom is -0.310 e. The van der Waals surface area contributed by atoms with Gasteiger partial charge in [0, 0.05) is 17.9 Å². The van der Waals surface area contributed by atoms with Crippen molar-refractivity contribution in [2.24, 2.45) is 0 Å². The molecule has 1 N–H and O–H groups in total. The highest BCUT2D eigenvalue weighted by Gasteiger charge is 2.10. The molecule has 88 valence electrons. The van der Waals surface area contributed by atoms with Crippen LogP contribution >= 0.6 is 15.9 Å². The molecule has 0 saturated heterocycles. The fraction of sp³-hybridized carbons (Fsp3) is 0.571. The minimum absolute atomic E-state index is 0.590. The summed E-state index contributed by atoms with van der Waals surface area (Å²) < 4.78 is 0. The van der Waals surface area contributed by atoms with E-state index in [1.165, 1.54) is 31.2 Å². The molecule has 0 saturated carbocycles. The van der Waals surface area contributed by atoms with Gasteiger partial charge in [-0.05, 0) is 49.3 Å². The molecule has 1 aliphatic rings. The average molecular weight is 282 g/mol. The van der Waals surface area contributed by atoms with Gasteiger partial charge >= 0.3 is 0 Å².